The number of Topliss-reactive ketones (excluding diaryl/α,β-unsaturated/α-hetero) is 1. The van der Waals surface area contributed by atoms with Gasteiger partial charge in [0.1, 0.15) is 0 Å². The minimum Gasteiger partial charge on any atom is -0.290 e. The van der Waals surface area contributed by atoms with Crippen molar-refractivity contribution in [3.8, 4) is 0 Å². The van der Waals surface area contributed by atoms with Gasteiger partial charge >= 0.3 is 0 Å². The molecule has 2 aliphatic carbocycles. The van der Waals surface area contributed by atoms with Gasteiger partial charge in [-0.2, -0.15) is 0 Å². The maximum Gasteiger partial charge on any atom is 0.186 e. The van der Waals surface area contributed by atoms with Gasteiger partial charge in [0.2, 0.25) is 0 Å². The maximum absolute atomic E-state index is 12.8. The summed E-state index contributed by atoms with van der Waals surface area (Å²) in [4.78, 5) is 24.9. The van der Waals surface area contributed by atoms with Gasteiger partial charge in [0.25, 0.3) is 0 Å². The quantitative estimate of drug-likeness (QED) is 0.502. The molecule has 2 bridgehead atoms. The van der Waals surface area contributed by atoms with E-state index in [2.05, 4.69) is 32.1 Å². The van der Waals surface area contributed by atoms with Crippen LogP contribution in [-0.2, 0) is 9.59 Å². The second kappa shape index (κ2) is 7.54. The zero-order chi connectivity index (χ0) is 17.0. The van der Waals surface area contributed by atoms with Crippen molar-refractivity contribution in [2.24, 2.45) is 5.92 Å². The lowest BCUT2D eigenvalue weighted by Gasteiger charge is -2.21. The van der Waals surface area contributed by atoms with E-state index in [4.69, 9.17) is 0 Å². The van der Waals surface area contributed by atoms with E-state index in [9.17, 15) is 9.59 Å². The summed E-state index contributed by atoms with van der Waals surface area (Å²) in [5.41, 5.74) is 4.99. The molecule has 0 aromatic carbocycles. The summed E-state index contributed by atoms with van der Waals surface area (Å²) in [6.07, 6.45) is 12.9. The Labute approximate surface area is 139 Å². The minimum atomic E-state index is -0.0634. The maximum atomic E-state index is 12.8. The van der Waals surface area contributed by atoms with E-state index in [0.29, 0.717) is 17.6 Å². The SMILES string of the molecule is CC(C)=C[C@H]1C/C(C)=C/CC/C(C)=C/CC2=CC(=O)C=C1C2=O. The molecule has 0 amide bonds. The lowest BCUT2D eigenvalue weighted by molar-refractivity contribution is -0.115. The number of hydrogen-bond donors (Lipinski definition) is 0. The fourth-order valence-corrected chi connectivity index (χ4v) is 3.13. The Balaban J connectivity index is 2.47. The topological polar surface area (TPSA) is 34.1 Å². The molecular weight excluding hydrogens is 284 g/mol. The van der Waals surface area contributed by atoms with Crippen LogP contribution in [0.5, 0.6) is 0 Å². The third kappa shape index (κ3) is 4.75. The Morgan fingerprint density at radius 1 is 1.09 bits per heavy atom. The van der Waals surface area contributed by atoms with Crippen molar-refractivity contribution in [2.75, 3.05) is 0 Å². The minimum absolute atomic E-state index is 0.0131. The van der Waals surface area contributed by atoms with Gasteiger partial charge in [0.15, 0.2) is 11.6 Å². The van der Waals surface area contributed by atoms with Gasteiger partial charge in [-0.15, -0.1) is 0 Å². The molecule has 0 N–H and O–H groups in total. The van der Waals surface area contributed by atoms with Crippen molar-refractivity contribution in [1.29, 1.82) is 0 Å². The molecule has 0 unspecified atom stereocenters. The molecule has 2 rings (SSSR count). The molecule has 0 fully saturated rings. The lowest BCUT2D eigenvalue weighted by atomic mass is 9.81. The van der Waals surface area contributed by atoms with Gasteiger partial charge in [-0.3, -0.25) is 9.59 Å². The third-order valence-corrected chi connectivity index (χ3v) is 4.35. The standard InChI is InChI=1S/C21H26O2/c1-14(2)10-18-11-16(4)7-5-6-15(3)8-9-17-12-19(22)13-20(18)21(17)23/h7-8,10,12-13,18H,5-6,9,11H2,1-4H3/b15-8+,16-7+/t18-/m0/s1. The molecule has 23 heavy (non-hydrogen) atoms. The summed E-state index contributed by atoms with van der Waals surface area (Å²) < 4.78 is 0. The zero-order valence-corrected chi connectivity index (χ0v) is 14.6. The number of fused-ring (bicyclic) bond motifs is 2. The van der Waals surface area contributed by atoms with Crippen molar-refractivity contribution < 1.29 is 9.59 Å². The Kier molecular flexibility index (Phi) is 5.70. The zero-order valence-electron chi connectivity index (χ0n) is 14.6. The average Bonchev–Trinajstić information content (AvgIpc) is 2.45. The van der Waals surface area contributed by atoms with E-state index in [0.717, 1.165) is 19.3 Å². The van der Waals surface area contributed by atoms with E-state index in [1.807, 2.05) is 13.8 Å². The molecule has 0 heterocycles. The molecule has 2 heteroatoms. The van der Waals surface area contributed by atoms with E-state index >= 15 is 0 Å². The van der Waals surface area contributed by atoms with Gasteiger partial charge in [-0.1, -0.05) is 34.9 Å². The average molecular weight is 310 g/mol. The van der Waals surface area contributed by atoms with Crippen molar-refractivity contribution in [1.82, 2.24) is 0 Å². The Morgan fingerprint density at radius 3 is 2.52 bits per heavy atom. The number of rotatable bonds is 1. The summed E-state index contributed by atoms with van der Waals surface area (Å²) in [6, 6.07) is 0. The first-order valence-corrected chi connectivity index (χ1v) is 8.34. The molecule has 0 saturated carbocycles. The fraction of sp³-hybridized carbons (Fsp3) is 0.429. The predicted octanol–water partition coefficient (Wildman–Crippen LogP) is 5.04. The molecule has 2 aliphatic rings. The van der Waals surface area contributed by atoms with Crippen LogP contribution in [0.4, 0.5) is 0 Å². The highest BCUT2D eigenvalue weighted by molar-refractivity contribution is 6.20. The fourth-order valence-electron chi connectivity index (χ4n) is 3.13. The van der Waals surface area contributed by atoms with Crippen LogP contribution in [0.3, 0.4) is 0 Å². The Morgan fingerprint density at radius 2 is 1.83 bits per heavy atom. The Hall–Kier alpha value is -1.96. The molecular formula is C21H26O2. The molecule has 0 aliphatic heterocycles. The predicted molar refractivity (Wildman–Crippen MR) is 95.1 cm³/mol. The summed E-state index contributed by atoms with van der Waals surface area (Å²) in [5.74, 6) is -0.0445. The molecule has 2 nitrogen and oxygen atoms in total. The highest BCUT2D eigenvalue weighted by atomic mass is 16.1. The first-order chi connectivity index (χ1) is 10.9. The van der Waals surface area contributed by atoms with Crippen LogP contribution in [0.15, 0.2) is 58.2 Å². The number of allylic oxidation sites excluding steroid dienone is 10. The van der Waals surface area contributed by atoms with Gasteiger partial charge in [0.05, 0.1) is 0 Å². The molecule has 0 radical (unpaired) electrons. The molecule has 1 atom stereocenters. The molecule has 122 valence electrons. The monoisotopic (exact) mass is 310 g/mol. The Bertz CT molecular complexity index is 662. The van der Waals surface area contributed by atoms with Gasteiger partial charge in [0, 0.05) is 17.1 Å². The van der Waals surface area contributed by atoms with Gasteiger partial charge in [-0.25, -0.2) is 0 Å². The number of carbonyl (C=O) groups excluding carboxylic acids is 2. The van der Waals surface area contributed by atoms with Crippen molar-refractivity contribution in [3.05, 3.63) is 58.2 Å². The van der Waals surface area contributed by atoms with Gasteiger partial charge < -0.3 is 0 Å². The van der Waals surface area contributed by atoms with Gasteiger partial charge in [-0.05, 0) is 65.5 Å². The van der Waals surface area contributed by atoms with Crippen LogP contribution in [0.1, 0.15) is 53.4 Å². The van der Waals surface area contributed by atoms with Crippen LogP contribution in [0, 0.1) is 5.92 Å². The second-order valence-corrected chi connectivity index (χ2v) is 6.90. The second-order valence-electron chi connectivity index (χ2n) is 6.90. The third-order valence-electron chi connectivity index (χ3n) is 4.35. The smallest absolute Gasteiger partial charge is 0.186 e. The lowest BCUT2D eigenvalue weighted by Crippen LogP contribution is -2.20. The molecule has 0 aromatic heterocycles. The van der Waals surface area contributed by atoms with Crippen molar-refractivity contribution in [3.63, 3.8) is 0 Å². The van der Waals surface area contributed by atoms with Crippen molar-refractivity contribution >= 4 is 11.6 Å². The normalized spacial score (nSPS) is 27.4. The molecule has 0 saturated heterocycles. The van der Waals surface area contributed by atoms with Crippen molar-refractivity contribution in [2.45, 2.75) is 53.4 Å². The van der Waals surface area contributed by atoms with E-state index in [-0.39, 0.29) is 17.5 Å². The first-order valence-electron chi connectivity index (χ1n) is 8.34. The number of hydrogen-bond acceptors (Lipinski definition) is 2. The van der Waals surface area contributed by atoms with Crippen LogP contribution in [0.25, 0.3) is 0 Å². The van der Waals surface area contributed by atoms with E-state index < -0.39 is 0 Å². The number of ketones is 2. The summed E-state index contributed by atoms with van der Waals surface area (Å²) in [5, 5.41) is 0. The highest BCUT2D eigenvalue weighted by Crippen LogP contribution is 2.30. The number of carbonyl (C=O) groups is 2. The van der Waals surface area contributed by atoms with Crippen LogP contribution >= 0.6 is 0 Å². The summed E-state index contributed by atoms with van der Waals surface area (Å²) in [6.45, 7) is 8.28. The van der Waals surface area contributed by atoms with Crippen LogP contribution in [-0.4, -0.2) is 11.6 Å². The summed E-state index contributed by atoms with van der Waals surface area (Å²) in [7, 11) is 0. The first kappa shape index (κ1) is 17.4. The molecule has 0 spiro atoms. The largest absolute Gasteiger partial charge is 0.290 e. The molecule has 0 aromatic rings. The summed E-state index contributed by atoms with van der Waals surface area (Å²) >= 11 is 0. The van der Waals surface area contributed by atoms with E-state index in [1.165, 1.54) is 28.9 Å². The highest BCUT2D eigenvalue weighted by Gasteiger charge is 2.26. The van der Waals surface area contributed by atoms with Crippen LogP contribution < -0.4 is 0 Å². The van der Waals surface area contributed by atoms with E-state index in [1.54, 1.807) is 0 Å². The van der Waals surface area contributed by atoms with Crippen LogP contribution in [0.2, 0.25) is 0 Å².